The number of hydrogen-bond donors (Lipinski definition) is 2. The first kappa shape index (κ1) is 13.1. The summed E-state index contributed by atoms with van der Waals surface area (Å²) in [6, 6.07) is 0.689. The topological polar surface area (TPSA) is 79.7 Å². The zero-order valence-electron chi connectivity index (χ0n) is 8.58. The summed E-state index contributed by atoms with van der Waals surface area (Å²) in [5.41, 5.74) is -0.374. The van der Waals surface area contributed by atoms with Gasteiger partial charge in [0, 0.05) is 6.07 Å². The van der Waals surface area contributed by atoms with Gasteiger partial charge in [0.2, 0.25) is 0 Å². The number of ether oxygens (including phenoxy) is 1. The Kier molecular flexibility index (Phi) is 3.45. The molecule has 0 radical (unpaired) electrons. The lowest BCUT2D eigenvalue weighted by atomic mass is 10.2. The molecule has 0 fully saturated rings. The fourth-order valence-corrected chi connectivity index (χ4v) is 1.13. The van der Waals surface area contributed by atoms with Crippen LogP contribution in [0.2, 0.25) is 0 Å². The van der Waals surface area contributed by atoms with Crippen LogP contribution < -0.4 is 4.74 Å². The number of aryl methyl sites for hydroxylation is 1. The van der Waals surface area contributed by atoms with Crippen LogP contribution in [0.1, 0.15) is 11.4 Å². The van der Waals surface area contributed by atoms with Gasteiger partial charge in [-0.2, -0.15) is 0 Å². The van der Waals surface area contributed by atoms with Gasteiger partial charge < -0.3 is 14.9 Å². The van der Waals surface area contributed by atoms with Crippen LogP contribution in [0, 0.1) is 6.92 Å². The number of nitrogens with zero attached hydrogens (tertiary/aromatic N) is 1. The number of carboxylic acids is 1. The summed E-state index contributed by atoms with van der Waals surface area (Å²) in [4.78, 5) is 13.9. The van der Waals surface area contributed by atoms with Crippen LogP contribution in [0.25, 0.3) is 0 Å². The van der Waals surface area contributed by atoms with E-state index in [4.69, 9.17) is 5.11 Å². The highest BCUT2D eigenvalue weighted by Gasteiger charge is 2.32. The highest BCUT2D eigenvalue weighted by Crippen LogP contribution is 2.29. The van der Waals surface area contributed by atoms with E-state index < -0.39 is 30.3 Å². The Labute approximate surface area is 93.5 Å². The minimum atomic E-state index is -4.90. The lowest BCUT2D eigenvalue weighted by Crippen LogP contribution is -2.18. The SMILES string of the molecule is Cc1nc(CC(=O)O)c(O)cc1OC(F)(F)F. The Morgan fingerprint density at radius 2 is 2.12 bits per heavy atom. The van der Waals surface area contributed by atoms with E-state index in [9.17, 15) is 23.1 Å². The second-order valence-corrected chi connectivity index (χ2v) is 3.16. The average Bonchev–Trinajstić information content (AvgIpc) is 2.10. The maximum absolute atomic E-state index is 11.9. The lowest BCUT2D eigenvalue weighted by Gasteiger charge is -2.12. The van der Waals surface area contributed by atoms with Crippen molar-refractivity contribution in [3.63, 3.8) is 0 Å². The van der Waals surface area contributed by atoms with E-state index in [0.29, 0.717) is 6.07 Å². The predicted molar refractivity (Wildman–Crippen MR) is 48.7 cm³/mol. The van der Waals surface area contributed by atoms with Crippen molar-refractivity contribution in [2.75, 3.05) is 0 Å². The van der Waals surface area contributed by atoms with E-state index in [2.05, 4.69) is 9.72 Å². The van der Waals surface area contributed by atoms with Gasteiger partial charge in [-0.15, -0.1) is 13.2 Å². The molecule has 0 bridgehead atoms. The van der Waals surface area contributed by atoms with Crippen LogP contribution in [-0.2, 0) is 11.2 Å². The van der Waals surface area contributed by atoms with Gasteiger partial charge in [-0.3, -0.25) is 4.79 Å². The maximum atomic E-state index is 11.9. The molecule has 0 aliphatic rings. The van der Waals surface area contributed by atoms with Crippen molar-refractivity contribution < 1.29 is 32.9 Å². The molecule has 0 aromatic carbocycles. The third-order valence-corrected chi connectivity index (χ3v) is 1.77. The molecule has 0 saturated carbocycles. The molecule has 0 aliphatic heterocycles. The summed E-state index contributed by atoms with van der Waals surface area (Å²) >= 11 is 0. The van der Waals surface area contributed by atoms with Gasteiger partial charge in [0.1, 0.15) is 5.75 Å². The minimum Gasteiger partial charge on any atom is -0.506 e. The molecule has 0 atom stereocenters. The summed E-state index contributed by atoms with van der Waals surface area (Å²) < 4.78 is 39.4. The van der Waals surface area contributed by atoms with Crippen LogP contribution >= 0.6 is 0 Å². The number of aromatic hydroxyl groups is 1. The van der Waals surface area contributed by atoms with Crippen molar-refractivity contribution in [2.24, 2.45) is 0 Å². The number of pyridine rings is 1. The van der Waals surface area contributed by atoms with Crippen molar-refractivity contribution in [2.45, 2.75) is 19.7 Å². The van der Waals surface area contributed by atoms with Gasteiger partial charge in [0.05, 0.1) is 17.8 Å². The first-order chi connectivity index (χ1) is 7.69. The fraction of sp³-hybridized carbons (Fsp3) is 0.333. The summed E-state index contributed by atoms with van der Waals surface area (Å²) in [5.74, 6) is -2.57. The molecule has 8 heteroatoms. The Hall–Kier alpha value is -1.99. The zero-order chi connectivity index (χ0) is 13.2. The van der Waals surface area contributed by atoms with Crippen LogP contribution in [0.3, 0.4) is 0 Å². The first-order valence-corrected chi connectivity index (χ1v) is 4.36. The number of hydrogen-bond acceptors (Lipinski definition) is 4. The van der Waals surface area contributed by atoms with E-state index in [1.54, 1.807) is 0 Å². The van der Waals surface area contributed by atoms with E-state index in [1.807, 2.05) is 0 Å². The molecule has 0 unspecified atom stereocenters. The lowest BCUT2D eigenvalue weighted by molar-refractivity contribution is -0.275. The van der Waals surface area contributed by atoms with Crippen LogP contribution in [-0.4, -0.2) is 27.5 Å². The zero-order valence-corrected chi connectivity index (χ0v) is 8.58. The Bertz CT molecular complexity index is 445. The van der Waals surface area contributed by atoms with E-state index >= 15 is 0 Å². The molecule has 1 heterocycles. The van der Waals surface area contributed by atoms with Crippen LogP contribution in [0.5, 0.6) is 11.5 Å². The van der Waals surface area contributed by atoms with E-state index in [-0.39, 0.29) is 11.4 Å². The number of alkyl halides is 3. The largest absolute Gasteiger partial charge is 0.573 e. The van der Waals surface area contributed by atoms with Gasteiger partial charge in [-0.1, -0.05) is 0 Å². The molecule has 0 spiro atoms. The summed E-state index contributed by atoms with van der Waals surface area (Å²) in [6.45, 7) is 1.21. The molecular weight excluding hydrogens is 243 g/mol. The van der Waals surface area contributed by atoms with Crippen molar-refractivity contribution in [3.05, 3.63) is 17.5 Å². The maximum Gasteiger partial charge on any atom is 0.573 e. The molecule has 17 heavy (non-hydrogen) atoms. The Morgan fingerprint density at radius 3 is 2.59 bits per heavy atom. The summed E-state index contributed by atoms with van der Waals surface area (Å²) in [7, 11) is 0. The quantitative estimate of drug-likeness (QED) is 0.853. The van der Waals surface area contributed by atoms with Gasteiger partial charge in [-0.05, 0) is 6.92 Å². The molecule has 94 valence electrons. The molecule has 1 rings (SSSR count). The van der Waals surface area contributed by atoms with Crippen molar-refractivity contribution >= 4 is 5.97 Å². The van der Waals surface area contributed by atoms with E-state index in [0.717, 1.165) is 0 Å². The molecule has 0 amide bonds. The molecule has 0 saturated heterocycles. The highest BCUT2D eigenvalue weighted by atomic mass is 19.4. The average molecular weight is 251 g/mol. The predicted octanol–water partition coefficient (Wildman–Crippen LogP) is 1.62. The van der Waals surface area contributed by atoms with Crippen LogP contribution in [0.15, 0.2) is 6.07 Å². The van der Waals surface area contributed by atoms with Crippen molar-refractivity contribution in [1.29, 1.82) is 0 Å². The third-order valence-electron chi connectivity index (χ3n) is 1.77. The van der Waals surface area contributed by atoms with Crippen molar-refractivity contribution in [3.8, 4) is 11.5 Å². The van der Waals surface area contributed by atoms with E-state index in [1.165, 1.54) is 6.92 Å². The van der Waals surface area contributed by atoms with Gasteiger partial charge in [-0.25, -0.2) is 4.98 Å². The molecule has 2 N–H and O–H groups in total. The molecule has 1 aromatic heterocycles. The number of halogens is 3. The fourth-order valence-electron chi connectivity index (χ4n) is 1.13. The first-order valence-electron chi connectivity index (χ1n) is 4.36. The van der Waals surface area contributed by atoms with Crippen molar-refractivity contribution in [1.82, 2.24) is 4.98 Å². The second kappa shape index (κ2) is 4.48. The molecular formula is C9H8F3NO4. The number of carbonyl (C=O) groups is 1. The second-order valence-electron chi connectivity index (χ2n) is 3.16. The van der Waals surface area contributed by atoms with Gasteiger partial charge in [0.15, 0.2) is 5.75 Å². The monoisotopic (exact) mass is 251 g/mol. The summed E-state index contributed by atoms with van der Waals surface area (Å²) in [5, 5.41) is 17.8. The summed E-state index contributed by atoms with van der Waals surface area (Å²) in [6.07, 6.45) is -5.48. The molecule has 5 nitrogen and oxygen atoms in total. The van der Waals surface area contributed by atoms with Crippen LogP contribution in [0.4, 0.5) is 13.2 Å². The Morgan fingerprint density at radius 1 is 1.53 bits per heavy atom. The molecule has 1 aromatic rings. The minimum absolute atomic E-state index is 0.156. The number of rotatable bonds is 3. The smallest absolute Gasteiger partial charge is 0.506 e. The molecule has 0 aliphatic carbocycles. The van der Waals surface area contributed by atoms with Gasteiger partial charge >= 0.3 is 12.3 Å². The standard InChI is InChI=1S/C9H8F3NO4/c1-4-7(17-9(10,11)12)3-6(14)5(13-4)2-8(15)16/h3,14H,2H2,1H3,(H,15,16). The highest BCUT2D eigenvalue weighted by molar-refractivity contribution is 5.70. The number of aromatic nitrogens is 1. The number of carboxylic acid groups (broad SMARTS) is 1. The normalized spacial score (nSPS) is 11.3. The van der Waals surface area contributed by atoms with Gasteiger partial charge in [0.25, 0.3) is 0 Å². The number of aliphatic carboxylic acids is 1. The Balaban J connectivity index is 3.05. The third kappa shape index (κ3) is 3.82.